The summed E-state index contributed by atoms with van der Waals surface area (Å²) in [7, 11) is 0. The van der Waals surface area contributed by atoms with E-state index in [0.29, 0.717) is 12.8 Å². The van der Waals surface area contributed by atoms with Crippen LogP contribution in [-0.2, 0) is 14.3 Å². The normalized spacial score (nSPS) is 19.2. The average Bonchev–Trinajstić information content (AvgIpc) is 3.38. The molecule has 1 saturated carbocycles. The number of carboxylic acid groups (broad SMARTS) is 1. The number of hydrogen-bond acceptors (Lipinski definition) is 4. The van der Waals surface area contributed by atoms with Crippen LogP contribution in [0.4, 0.5) is 4.79 Å². The number of nitrogens with one attached hydrogen (secondary N) is 2. The van der Waals surface area contributed by atoms with Gasteiger partial charge in [0.05, 0.1) is 5.41 Å². The monoisotopic (exact) mass is 464 g/mol. The van der Waals surface area contributed by atoms with E-state index in [1.165, 1.54) is 22.3 Å². The van der Waals surface area contributed by atoms with Gasteiger partial charge in [0.2, 0.25) is 5.91 Å². The van der Waals surface area contributed by atoms with Crippen LogP contribution < -0.4 is 10.6 Å². The Morgan fingerprint density at radius 1 is 1.00 bits per heavy atom. The van der Waals surface area contributed by atoms with Gasteiger partial charge in [0.25, 0.3) is 0 Å². The highest BCUT2D eigenvalue weighted by molar-refractivity contribution is 5.80. The molecule has 0 spiro atoms. The molecule has 0 aromatic heterocycles. The van der Waals surface area contributed by atoms with Crippen LogP contribution in [0.5, 0.6) is 0 Å². The van der Waals surface area contributed by atoms with Crippen molar-refractivity contribution in [3.8, 4) is 11.1 Å². The van der Waals surface area contributed by atoms with E-state index >= 15 is 0 Å². The lowest BCUT2D eigenvalue weighted by molar-refractivity contribution is -0.146. The molecule has 2 atom stereocenters. The number of carboxylic acids is 1. The molecule has 0 heterocycles. The molecular formula is C27H32N2O5. The number of carbonyl (C=O) groups is 3. The van der Waals surface area contributed by atoms with Crippen LogP contribution in [0, 0.1) is 11.3 Å². The molecule has 0 aliphatic heterocycles. The first-order chi connectivity index (χ1) is 16.2. The Labute approximate surface area is 199 Å². The van der Waals surface area contributed by atoms with Crippen molar-refractivity contribution >= 4 is 18.0 Å². The Morgan fingerprint density at radius 2 is 1.62 bits per heavy atom. The number of aliphatic carboxylic acids is 1. The van der Waals surface area contributed by atoms with Crippen LogP contribution in [-0.4, -0.2) is 42.3 Å². The molecule has 0 radical (unpaired) electrons. The first kappa shape index (κ1) is 23.8. The van der Waals surface area contributed by atoms with Crippen molar-refractivity contribution in [1.82, 2.24) is 10.6 Å². The Balaban J connectivity index is 1.24. The summed E-state index contributed by atoms with van der Waals surface area (Å²) in [5.41, 5.74) is 3.73. The second-order valence-electron chi connectivity index (χ2n) is 10.0. The molecule has 3 N–H and O–H groups in total. The largest absolute Gasteiger partial charge is 0.481 e. The number of rotatable bonds is 8. The first-order valence-corrected chi connectivity index (χ1v) is 11.9. The third-order valence-corrected chi connectivity index (χ3v) is 6.99. The quantitative estimate of drug-likeness (QED) is 0.540. The molecule has 1 fully saturated rings. The summed E-state index contributed by atoms with van der Waals surface area (Å²) in [5, 5.41) is 14.8. The zero-order chi connectivity index (χ0) is 24.3. The van der Waals surface area contributed by atoms with E-state index in [4.69, 9.17) is 9.84 Å². The highest BCUT2D eigenvalue weighted by atomic mass is 16.5. The minimum Gasteiger partial charge on any atom is -0.481 e. The van der Waals surface area contributed by atoms with Crippen LogP contribution in [0.15, 0.2) is 48.5 Å². The van der Waals surface area contributed by atoms with E-state index in [1.54, 1.807) is 13.8 Å². The molecule has 2 aromatic carbocycles. The predicted molar refractivity (Wildman–Crippen MR) is 128 cm³/mol. The lowest BCUT2D eigenvalue weighted by Gasteiger charge is -2.20. The molecule has 4 rings (SSSR count). The maximum absolute atomic E-state index is 12.5. The molecular weight excluding hydrogens is 432 g/mol. The van der Waals surface area contributed by atoms with Crippen LogP contribution >= 0.6 is 0 Å². The van der Waals surface area contributed by atoms with Crippen molar-refractivity contribution in [2.45, 2.75) is 51.5 Å². The number of amides is 2. The smallest absolute Gasteiger partial charge is 0.407 e. The fraction of sp³-hybridized carbons (Fsp3) is 0.444. The molecule has 0 saturated heterocycles. The second kappa shape index (κ2) is 9.87. The third-order valence-electron chi connectivity index (χ3n) is 6.99. The number of carbonyl (C=O) groups excluding carboxylic acids is 2. The summed E-state index contributed by atoms with van der Waals surface area (Å²) in [6.07, 6.45) is 2.24. The molecule has 180 valence electrons. The molecule has 2 aliphatic rings. The van der Waals surface area contributed by atoms with Crippen LogP contribution in [0.2, 0.25) is 0 Å². The zero-order valence-corrected chi connectivity index (χ0v) is 19.7. The van der Waals surface area contributed by atoms with Gasteiger partial charge in [-0.2, -0.15) is 0 Å². The molecule has 34 heavy (non-hydrogen) atoms. The Hall–Kier alpha value is -3.35. The van der Waals surface area contributed by atoms with Gasteiger partial charge in [0.15, 0.2) is 0 Å². The van der Waals surface area contributed by atoms with Gasteiger partial charge in [-0.3, -0.25) is 9.59 Å². The second-order valence-corrected chi connectivity index (χ2v) is 10.0. The lowest BCUT2D eigenvalue weighted by atomic mass is 9.93. The van der Waals surface area contributed by atoms with Crippen LogP contribution in [0.3, 0.4) is 0 Å². The minimum absolute atomic E-state index is 0.0215. The zero-order valence-electron chi connectivity index (χ0n) is 19.7. The summed E-state index contributed by atoms with van der Waals surface area (Å²) in [6, 6.07) is 16.4. The van der Waals surface area contributed by atoms with Crippen molar-refractivity contribution in [2.75, 3.05) is 13.2 Å². The molecule has 7 heteroatoms. The Morgan fingerprint density at radius 3 is 2.24 bits per heavy atom. The van der Waals surface area contributed by atoms with Gasteiger partial charge < -0.3 is 20.5 Å². The summed E-state index contributed by atoms with van der Waals surface area (Å²) >= 11 is 0. The van der Waals surface area contributed by atoms with E-state index in [1.807, 2.05) is 24.3 Å². The van der Waals surface area contributed by atoms with Crippen molar-refractivity contribution in [3.63, 3.8) is 0 Å². The Bertz CT molecular complexity index is 1030. The van der Waals surface area contributed by atoms with E-state index in [2.05, 4.69) is 34.9 Å². The predicted octanol–water partition coefficient (Wildman–Crippen LogP) is 4.31. The first-order valence-electron chi connectivity index (χ1n) is 11.9. The molecule has 2 unspecified atom stereocenters. The Kier molecular flexibility index (Phi) is 6.91. The highest BCUT2D eigenvalue weighted by Crippen LogP contribution is 2.44. The van der Waals surface area contributed by atoms with Crippen LogP contribution in [0.25, 0.3) is 11.1 Å². The lowest BCUT2D eigenvalue weighted by Crippen LogP contribution is -2.39. The van der Waals surface area contributed by atoms with Crippen molar-refractivity contribution in [2.24, 2.45) is 11.3 Å². The van der Waals surface area contributed by atoms with E-state index in [9.17, 15) is 14.4 Å². The SMILES string of the molecule is CC(C)(CNC(=O)CC1CCC(NC(=O)OCC2c3ccccc3-c3ccccc32)C1)C(=O)O. The number of alkyl carbamates (subject to hydrolysis) is 1. The van der Waals surface area contributed by atoms with Gasteiger partial charge in [-0.05, 0) is 61.3 Å². The van der Waals surface area contributed by atoms with Gasteiger partial charge in [0, 0.05) is 24.9 Å². The number of hydrogen-bond donors (Lipinski definition) is 3. The third kappa shape index (κ3) is 5.24. The van der Waals surface area contributed by atoms with Crippen LogP contribution in [0.1, 0.15) is 56.6 Å². The summed E-state index contributed by atoms with van der Waals surface area (Å²) in [4.78, 5) is 35.9. The van der Waals surface area contributed by atoms with Crippen molar-refractivity contribution < 1.29 is 24.2 Å². The fourth-order valence-corrected chi connectivity index (χ4v) is 4.93. The minimum atomic E-state index is -1.00. The average molecular weight is 465 g/mol. The van der Waals surface area contributed by atoms with Gasteiger partial charge in [-0.25, -0.2) is 4.79 Å². The van der Waals surface area contributed by atoms with E-state index < -0.39 is 17.5 Å². The summed E-state index contributed by atoms with van der Waals surface area (Å²) < 4.78 is 5.63. The fourth-order valence-electron chi connectivity index (χ4n) is 4.93. The van der Waals surface area contributed by atoms with E-state index in [0.717, 1.165) is 12.8 Å². The molecule has 0 bridgehead atoms. The topological polar surface area (TPSA) is 105 Å². The van der Waals surface area contributed by atoms with Gasteiger partial charge in [-0.15, -0.1) is 0 Å². The summed E-state index contributed by atoms with van der Waals surface area (Å²) in [6.45, 7) is 3.53. The number of ether oxygens (including phenoxy) is 1. The molecule has 2 aromatic rings. The molecule has 7 nitrogen and oxygen atoms in total. The van der Waals surface area contributed by atoms with E-state index in [-0.39, 0.29) is 36.9 Å². The molecule has 2 aliphatic carbocycles. The van der Waals surface area contributed by atoms with Gasteiger partial charge in [0.1, 0.15) is 6.61 Å². The van der Waals surface area contributed by atoms with Gasteiger partial charge >= 0.3 is 12.1 Å². The number of fused-ring (bicyclic) bond motifs is 3. The maximum atomic E-state index is 12.5. The maximum Gasteiger partial charge on any atom is 0.407 e. The molecule has 2 amide bonds. The van der Waals surface area contributed by atoms with Crippen molar-refractivity contribution in [3.05, 3.63) is 59.7 Å². The number of benzene rings is 2. The van der Waals surface area contributed by atoms with Gasteiger partial charge in [-0.1, -0.05) is 48.5 Å². The standard InChI is InChI=1S/C27H32N2O5/c1-27(2,25(31)32)16-28-24(30)14-17-11-12-18(13-17)29-26(33)34-15-23-21-9-5-3-7-19(21)20-8-4-6-10-22(20)23/h3-10,17-18,23H,11-16H2,1-2H3,(H,28,30)(H,29,33)(H,31,32). The van der Waals surface area contributed by atoms with Crippen molar-refractivity contribution in [1.29, 1.82) is 0 Å². The highest BCUT2D eigenvalue weighted by Gasteiger charge is 2.32. The summed E-state index contributed by atoms with van der Waals surface area (Å²) in [5.74, 6) is -0.915.